The molecule has 1 atom stereocenters. The fourth-order valence-electron chi connectivity index (χ4n) is 3.04. The molecule has 1 heterocycles. The zero-order chi connectivity index (χ0) is 20.3. The minimum atomic E-state index is -0.923. The number of halogens is 1. The molecule has 0 unspecified atom stereocenters. The van der Waals surface area contributed by atoms with Gasteiger partial charge < -0.3 is 10.1 Å². The topological polar surface area (TPSA) is 82.3 Å². The lowest BCUT2D eigenvalue weighted by Gasteiger charge is -2.19. The Kier molecular flexibility index (Phi) is 5.70. The van der Waals surface area contributed by atoms with Crippen LogP contribution in [0.15, 0.2) is 58.1 Å². The second kappa shape index (κ2) is 8.18. The van der Waals surface area contributed by atoms with Crippen LogP contribution in [0.4, 0.5) is 4.39 Å². The molecule has 0 fully saturated rings. The van der Waals surface area contributed by atoms with Crippen molar-refractivity contribution in [2.75, 3.05) is 20.3 Å². The maximum Gasteiger partial charge on any atom is 0.336 e. The first-order valence-electron chi connectivity index (χ1n) is 8.75. The highest BCUT2D eigenvalue weighted by Gasteiger charge is 2.23. The number of carbonyl (C=O) groups excluding carboxylic acids is 1. The van der Waals surface area contributed by atoms with Crippen molar-refractivity contribution in [3.63, 3.8) is 0 Å². The van der Waals surface area contributed by atoms with Gasteiger partial charge >= 0.3 is 5.69 Å². The number of amides is 1. The van der Waals surface area contributed by atoms with Crippen molar-refractivity contribution in [3.8, 4) is 5.69 Å². The van der Waals surface area contributed by atoms with E-state index in [4.69, 9.17) is 4.74 Å². The Morgan fingerprint density at radius 1 is 1.14 bits per heavy atom. The molecular weight excluding hydrogens is 365 g/mol. The first kappa shape index (κ1) is 19.5. The van der Waals surface area contributed by atoms with Crippen LogP contribution >= 0.6 is 0 Å². The normalized spacial score (nSPS) is 12.1. The second-order valence-electron chi connectivity index (χ2n) is 6.22. The summed E-state index contributed by atoms with van der Waals surface area (Å²) in [6, 6.07) is 11.0. The summed E-state index contributed by atoms with van der Waals surface area (Å²) < 4.78 is 21.2. The monoisotopic (exact) mass is 385 g/mol. The van der Waals surface area contributed by atoms with Gasteiger partial charge in [-0.2, -0.15) is 0 Å². The standard InChI is InChI=1S/C20H20FN3O4/c1-13(18(25)22-11-12-28-2)23-16-9-5-3-7-14(16)19(26)24(20(23)27)17-10-6-4-8-15(17)21/h3-10,13H,11-12H2,1-2H3,(H,22,25)/t13-/m0/s1. The Hall–Kier alpha value is -3.26. The van der Waals surface area contributed by atoms with Crippen LogP contribution in [0.2, 0.25) is 0 Å². The lowest BCUT2D eigenvalue weighted by Crippen LogP contribution is -2.44. The van der Waals surface area contributed by atoms with Crippen LogP contribution in [-0.4, -0.2) is 35.3 Å². The number of benzene rings is 2. The van der Waals surface area contributed by atoms with Crippen molar-refractivity contribution in [1.29, 1.82) is 0 Å². The molecule has 0 aliphatic carbocycles. The summed E-state index contributed by atoms with van der Waals surface area (Å²) >= 11 is 0. The molecule has 0 saturated heterocycles. The van der Waals surface area contributed by atoms with Gasteiger partial charge in [0.2, 0.25) is 5.91 Å². The average Bonchev–Trinajstić information content (AvgIpc) is 2.69. The SMILES string of the molecule is COCCNC(=O)[C@H](C)n1c(=O)n(-c2ccccc2F)c(=O)c2ccccc21. The zero-order valence-electron chi connectivity index (χ0n) is 15.5. The highest BCUT2D eigenvalue weighted by atomic mass is 19.1. The fraction of sp³-hybridized carbons (Fsp3) is 0.250. The highest BCUT2D eigenvalue weighted by molar-refractivity contribution is 5.84. The first-order valence-corrected chi connectivity index (χ1v) is 8.75. The molecule has 3 rings (SSSR count). The highest BCUT2D eigenvalue weighted by Crippen LogP contribution is 2.16. The van der Waals surface area contributed by atoms with Gasteiger partial charge in [-0.25, -0.2) is 13.8 Å². The van der Waals surface area contributed by atoms with E-state index < -0.39 is 29.0 Å². The Labute approximate surface area is 160 Å². The van der Waals surface area contributed by atoms with Crippen molar-refractivity contribution in [2.24, 2.45) is 0 Å². The van der Waals surface area contributed by atoms with Crippen LogP contribution in [0.25, 0.3) is 16.6 Å². The van der Waals surface area contributed by atoms with Gasteiger partial charge in [-0.1, -0.05) is 24.3 Å². The Morgan fingerprint density at radius 2 is 1.82 bits per heavy atom. The van der Waals surface area contributed by atoms with Crippen LogP contribution in [0.1, 0.15) is 13.0 Å². The van der Waals surface area contributed by atoms with Crippen molar-refractivity contribution < 1.29 is 13.9 Å². The van der Waals surface area contributed by atoms with Crippen LogP contribution in [0, 0.1) is 5.82 Å². The molecule has 3 aromatic rings. The number of rotatable bonds is 6. The number of hydrogen-bond acceptors (Lipinski definition) is 4. The Balaban J connectivity index is 2.26. The third-order valence-electron chi connectivity index (χ3n) is 4.46. The fourth-order valence-corrected chi connectivity index (χ4v) is 3.04. The number of fused-ring (bicyclic) bond motifs is 1. The molecule has 28 heavy (non-hydrogen) atoms. The van der Waals surface area contributed by atoms with E-state index in [2.05, 4.69) is 5.32 Å². The quantitative estimate of drug-likeness (QED) is 0.654. The number of aromatic nitrogens is 2. The number of methoxy groups -OCH3 is 1. The van der Waals surface area contributed by atoms with E-state index in [0.29, 0.717) is 12.1 Å². The summed E-state index contributed by atoms with van der Waals surface area (Å²) in [4.78, 5) is 38.6. The van der Waals surface area contributed by atoms with Crippen LogP contribution in [0.3, 0.4) is 0 Å². The van der Waals surface area contributed by atoms with Gasteiger partial charge in [-0.15, -0.1) is 0 Å². The molecule has 0 radical (unpaired) electrons. The van der Waals surface area contributed by atoms with E-state index in [0.717, 1.165) is 4.57 Å². The van der Waals surface area contributed by atoms with Crippen molar-refractivity contribution >= 4 is 16.8 Å². The number of nitrogens with zero attached hydrogens (tertiary/aromatic N) is 2. The molecule has 1 amide bonds. The summed E-state index contributed by atoms with van der Waals surface area (Å²) in [6.07, 6.45) is 0. The molecule has 0 aliphatic heterocycles. The van der Waals surface area contributed by atoms with Crippen molar-refractivity contribution in [3.05, 3.63) is 75.2 Å². The molecule has 0 saturated carbocycles. The molecule has 1 N–H and O–H groups in total. The van der Waals surface area contributed by atoms with E-state index in [1.54, 1.807) is 31.2 Å². The molecule has 0 spiro atoms. The smallest absolute Gasteiger partial charge is 0.336 e. The second-order valence-corrected chi connectivity index (χ2v) is 6.22. The van der Waals surface area contributed by atoms with E-state index in [-0.39, 0.29) is 17.6 Å². The van der Waals surface area contributed by atoms with Crippen molar-refractivity contribution in [2.45, 2.75) is 13.0 Å². The van der Waals surface area contributed by atoms with Gasteiger partial charge in [0.05, 0.1) is 23.2 Å². The lowest BCUT2D eigenvalue weighted by atomic mass is 10.2. The lowest BCUT2D eigenvalue weighted by molar-refractivity contribution is -0.124. The van der Waals surface area contributed by atoms with Crippen LogP contribution in [0.5, 0.6) is 0 Å². The molecular formula is C20H20FN3O4. The van der Waals surface area contributed by atoms with Crippen LogP contribution < -0.4 is 16.6 Å². The first-order chi connectivity index (χ1) is 13.5. The number of nitrogens with one attached hydrogen (secondary N) is 1. The summed E-state index contributed by atoms with van der Waals surface area (Å²) in [5, 5.41) is 2.88. The van der Waals surface area contributed by atoms with Gasteiger partial charge in [0.25, 0.3) is 5.56 Å². The number of ether oxygens (including phenoxy) is 1. The third-order valence-corrected chi connectivity index (χ3v) is 4.46. The van der Waals surface area contributed by atoms with E-state index >= 15 is 0 Å². The van der Waals surface area contributed by atoms with E-state index in [1.807, 2.05) is 0 Å². The summed E-state index contributed by atoms with van der Waals surface area (Å²) in [6.45, 7) is 2.15. The molecule has 7 nitrogen and oxygen atoms in total. The molecule has 2 aromatic carbocycles. The summed E-state index contributed by atoms with van der Waals surface area (Å²) in [5.41, 5.74) is -1.29. The summed E-state index contributed by atoms with van der Waals surface area (Å²) in [7, 11) is 1.51. The predicted octanol–water partition coefficient (Wildman–Crippen LogP) is 1.62. The number of para-hydroxylation sites is 2. The van der Waals surface area contributed by atoms with Crippen molar-refractivity contribution in [1.82, 2.24) is 14.5 Å². The Morgan fingerprint density at radius 3 is 2.54 bits per heavy atom. The molecule has 146 valence electrons. The van der Waals surface area contributed by atoms with Gasteiger partial charge in [-0.3, -0.25) is 14.2 Å². The summed E-state index contributed by atoms with van der Waals surface area (Å²) in [5.74, 6) is -1.12. The van der Waals surface area contributed by atoms with Gasteiger partial charge in [0, 0.05) is 13.7 Å². The zero-order valence-corrected chi connectivity index (χ0v) is 15.5. The van der Waals surface area contributed by atoms with Gasteiger partial charge in [0.15, 0.2) is 0 Å². The van der Waals surface area contributed by atoms with E-state index in [9.17, 15) is 18.8 Å². The average molecular weight is 385 g/mol. The molecule has 0 bridgehead atoms. The molecule has 1 aromatic heterocycles. The minimum Gasteiger partial charge on any atom is -0.383 e. The predicted molar refractivity (Wildman–Crippen MR) is 103 cm³/mol. The van der Waals surface area contributed by atoms with Gasteiger partial charge in [-0.05, 0) is 31.2 Å². The molecule has 8 heteroatoms. The largest absolute Gasteiger partial charge is 0.383 e. The van der Waals surface area contributed by atoms with E-state index in [1.165, 1.54) is 35.9 Å². The number of hydrogen-bond donors (Lipinski definition) is 1. The maximum absolute atomic E-state index is 14.3. The minimum absolute atomic E-state index is 0.163. The van der Waals surface area contributed by atoms with Crippen LogP contribution in [-0.2, 0) is 9.53 Å². The molecule has 0 aliphatic rings. The Bertz CT molecular complexity index is 1140. The number of carbonyl (C=O) groups is 1. The van der Waals surface area contributed by atoms with Gasteiger partial charge in [0.1, 0.15) is 11.9 Å². The third kappa shape index (κ3) is 3.46. The maximum atomic E-state index is 14.3.